The molecule has 0 radical (unpaired) electrons. The molecule has 0 aliphatic heterocycles. The molecule has 1 aromatic heterocycles. The minimum Gasteiger partial charge on any atom is -0.477 e. The number of nitrogens with one attached hydrogen (secondary N) is 1. The van der Waals surface area contributed by atoms with Crippen LogP contribution in [0.2, 0.25) is 5.02 Å². The molecule has 0 unspecified atom stereocenters. The first-order valence-electron chi connectivity index (χ1n) is 12.7. The van der Waals surface area contributed by atoms with E-state index in [1.807, 2.05) is 6.07 Å². The Morgan fingerprint density at radius 3 is 2.23 bits per heavy atom. The Morgan fingerprint density at radius 1 is 0.975 bits per heavy atom. The number of carboxylic acid groups (broad SMARTS) is 1. The van der Waals surface area contributed by atoms with E-state index in [9.17, 15) is 24.3 Å². The predicted octanol–water partition coefficient (Wildman–Crippen LogP) is 4.92. The lowest BCUT2D eigenvalue weighted by Gasteiger charge is -2.27. The molecule has 0 aliphatic rings. The van der Waals surface area contributed by atoms with E-state index in [0.717, 1.165) is 0 Å². The number of fused-ring (bicyclic) bond motifs is 1. The molecule has 8 nitrogen and oxygen atoms in total. The Balaban J connectivity index is 1.72. The summed E-state index contributed by atoms with van der Waals surface area (Å²) in [5, 5.41) is 13.9. The van der Waals surface area contributed by atoms with Crippen LogP contribution in [0.5, 0.6) is 0 Å². The monoisotopic (exact) mass is 559 g/mol. The summed E-state index contributed by atoms with van der Waals surface area (Å²) in [7, 11) is 3.32. The number of pyridine rings is 1. The van der Waals surface area contributed by atoms with Gasteiger partial charge in [0.25, 0.3) is 5.91 Å². The zero-order valence-corrected chi connectivity index (χ0v) is 23.5. The molecular weight excluding hydrogens is 530 g/mol. The lowest BCUT2D eigenvalue weighted by atomic mass is 9.97. The molecule has 0 aliphatic carbocycles. The maximum Gasteiger partial charge on any atom is 0.353 e. The Bertz CT molecular complexity index is 1660. The summed E-state index contributed by atoms with van der Waals surface area (Å²) in [6.07, 6.45) is 0.180. The molecule has 9 heteroatoms. The van der Waals surface area contributed by atoms with Gasteiger partial charge in [0.1, 0.15) is 5.69 Å². The maximum absolute atomic E-state index is 13.6. The van der Waals surface area contributed by atoms with Crippen LogP contribution >= 0.6 is 11.6 Å². The van der Waals surface area contributed by atoms with Crippen LogP contribution in [0, 0.1) is 0 Å². The third-order valence-corrected chi connectivity index (χ3v) is 6.82. The highest BCUT2D eigenvalue weighted by molar-refractivity contribution is 6.31. The van der Waals surface area contributed by atoms with E-state index < -0.39 is 16.9 Å². The quantitative estimate of drug-likeness (QED) is 0.318. The highest BCUT2D eigenvalue weighted by atomic mass is 35.5. The molecule has 0 spiro atoms. The first-order chi connectivity index (χ1) is 18.9. The molecule has 40 heavy (non-hydrogen) atoms. The first kappa shape index (κ1) is 28.6. The van der Waals surface area contributed by atoms with Crippen LogP contribution in [0.25, 0.3) is 16.6 Å². The molecule has 0 atom stereocenters. The number of carbonyl (C=O) groups excluding carboxylic acids is 2. The number of nitrogens with zero attached hydrogens (tertiary/aromatic N) is 2. The third kappa shape index (κ3) is 6.07. The number of hydrogen-bond acceptors (Lipinski definition) is 4. The largest absolute Gasteiger partial charge is 0.477 e. The van der Waals surface area contributed by atoms with Crippen LogP contribution in [0.3, 0.4) is 0 Å². The fourth-order valence-electron chi connectivity index (χ4n) is 4.58. The second-order valence-electron chi connectivity index (χ2n) is 10.5. The molecule has 0 bridgehead atoms. The number of amides is 2. The molecule has 206 valence electrons. The second-order valence-corrected chi connectivity index (χ2v) is 10.9. The van der Waals surface area contributed by atoms with Crippen LogP contribution in [-0.2, 0) is 11.2 Å². The van der Waals surface area contributed by atoms with Crippen LogP contribution < -0.4 is 10.7 Å². The van der Waals surface area contributed by atoms with E-state index in [-0.39, 0.29) is 35.9 Å². The molecule has 2 N–H and O–H groups in total. The summed E-state index contributed by atoms with van der Waals surface area (Å²) in [5.74, 6) is -1.69. The van der Waals surface area contributed by atoms with Crippen molar-refractivity contribution in [3.8, 4) is 5.69 Å². The van der Waals surface area contributed by atoms with Crippen molar-refractivity contribution < 1.29 is 19.5 Å². The second kappa shape index (κ2) is 11.4. The Morgan fingerprint density at radius 2 is 1.62 bits per heavy atom. The number of carboxylic acids is 1. The van der Waals surface area contributed by atoms with Crippen molar-refractivity contribution >= 4 is 40.3 Å². The molecule has 1 heterocycles. The van der Waals surface area contributed by atoms with Gasteiger partial charge in [0.2, 0.25) is 5.91 Å². The standard InChI is InChI=1S/C31H30ClN3O5/c1-31(2,18-26(36)34(3)4)33-29(38)20-12-10-19(11-13-20)16-24-27(30(39)40)35(22-8-6-5-7-9-22)25-17-21(32)14-15-23(25)28(24)37/h5-15,17H,16,18H2,1-4H3,(H,33,38)(H,39,40). The van der Waals surface area contributed by atoms with Gasteiger partial charge >= 0.3 is 5.97 Å². The van der Waals surface area contributed by atoms with E-state index in [2.05, 4.69) is 5.32 Å². The maximum atomic E-state index is 13.6. The summed E-state index contributed by atoms with van der Waals surface area (Å²) >= 11 is 6.24. The lowest BCUT2D eigenvalue weighted by Crippen LogP contribution is -2.46. The van der Waals surface area contributed by atoms with Gasteiger partial charge in [-0.15, -0.1) is 0 Å². The van der Waals surface area contributed by atoms with Crippen molar-refractivity contribution in [2.75, 3.05) is 14.1 Å². The number of carbonyl (C=O) groups is 3. The summed E-state index contributed by atoms with van der Waals surface area (Å²) < 4.78 is 1.54. The number of halogens is 1. The average Bonchev–Trinajstić information content (AvgIpc) is 2.90. The Hall–Kier alpha value is -4.43. The van der Waals surface area contributed by atoms with Gasteiger partial charge in [-0.25, -0.2) is 4.79 Å². The fraction of sp³-hybridized carbons (Fsp3) is 0.226. The predicted molar refractivity (Wildman–Crippen MR) is 156 cm³/mol. The third-order valence-electron chi connectivity index (χ3n) is 6.59. The zero-order valence-electron chi connectivity index (χ0n) is 22.7. The minimum absolute atomic E-state index is 0.0383. The molecular formula is C31H30ClN3O5. The lowest BCUT2D eigenvalue weighted by molar-refractivity contribution is -0.129. The molecule has 2 amide bonds. The molecule has 0 saturated carbocycles. The highest BCUT2D eigenvalue weighted by Crippen LogP contribution is 2.26. The van der Waals surface area contributed by atoms with E-state index >= 15 is 0 Å². The number of para-hydroxylation sites is 1. The molecule has 0 fully saturated rings. The van der Waals surface area contributed by atoms with Crippen molar-refractivity contribution in [2.45, 2.75) is 32.2 Å². The smallest absolute Gasteiger partial charge is 0.353 e. The van der Waals surface area contributed by atoms with E-state index in [0.29, 0.717) is 32.7 Å². The summed E-state index contributed by atoms with van der Waals surface area (Å²) in [5.41, 5.74) is 0.818. The SMILES string of the molecule is CN(C)C(=O)CC(C)(C)NC(=O)c1ccc(Cc2c(C(=O)O)n(-c3ccccc3)c3cc(Cl)ccc3c2=O)cc1. The van der Waals surface area contributed by atoms with Gasteiger partial charge in [0.05, 0.1) is 5.52 Å². The van der Waals surface area contributed by atoms with Gasteiger partial charge < -0.3 is 19.9 Å². The molecule has 3 aromatic carbocycles. The number of benzene rings is 3. The van der Waals surface area contributed by atoms with Crippen LogP contribution in [0.15, 0.2) is 77.6 Å². The van der Waals surface area contributed by atoms with Gasteiger partial charge in [-0.1, -0.05) is 41.9 Å². The molecule has 0 saturated heterocycles. The highest BCUT2D eigenvalue weighted by Gasteiger charge is 2.26. The van der Waals surface area contributed by atoms with Gasteiger partial charge in [0.15, 0.2) is 5.43 Å². The molecule has 4 aromatic rings. The van der Waals surface area contributed by atoms with E-state index in [1.165, 1.54) is 4.90 Å². The normalized spacial score (nSPS) is 11.3. The van der Waals surface area contributed by atoms with E-state index in [1.54, 1.807) is 99.2 Å². The van der Waals surface area contributed by atoms with Gasteiger partial charge in [-0.05, 0) is 61.9 Å². The van der Waals surface area contributed by atoms with Crippen LogP contribution in [0.1, 0.15) is 52.2 Å². The van der Waals surface area contributed by atoms with Gasteiger partial charge in [-0.2, -0.15) is 0 Å². The van der Waals surface area contributed by atoms with E-state index in [4.69, 9.17) is 11.6 Å². The number of rotatable bonds is 8. The topological polar surface area (TPSA) is 109 Å². The summed E-state index contributed by atoms with van der Waals surface area (Å²) in [6.45, 7) is 3.55. The fourth-order valence-corrected chi connectivity index (χ4v) is 4.75. The van der Waals surface area contributed by atoms with Crippen molar-refractivity contribution in [1.29, 1.82) is 0 Å². The van der Waals surface area contributed by atoms with Crippen molar-refractivity contribution in [1.82, 2.24) is 14.8 Å². The molecule has 4 rings (SSSR count). The number of aromatic carboxylic acids is 1. The van der Waals surface area contributed by atoms with Gasteiger partial charge in [-0.3, -0.25) is 14.4 Å². The number of hydrogen-bond donors (Lipinski definition) is 2. The summed E-state index contributed by atoms with van der Waals surface area (Å²) in [6, 6.07) is 20.3. The minimum atomic E-state index is -1.25. The Labute approximate surface area is 236 Å². The number of aromatic nitrogens is 1. The van der Waals surface area contributed by atoms with Crippen LogP contribution in [-0.4, -0.2) is 52.0 Å². The van der Waals surface area contributed by atoms with Crippen LogP contribution in [0.4, 0.5) is 0 Å². The Kier molecular flexibility index (Phi) is 8.11. The average molecular weight is 560 g/mol. The first-order valence-corrected chi connectivity index (χ1v) is 13.0. The van der Waals surface area contributed by atoms with Crippen molar-refractivity contribution in [3.05, 3.63) is 110 Å². The van der Waals surface area contributed by atoms with Gasteiger partial charge in [0, 0.05) is 59.7 Å². The van der Waals surface area contributed by atoms with Crippen molar-refractivity contribution in [3.63, 3.8) is 0 Å². The van der Waals surface area contributed by atoms with Crippen molar-refractivity contribution in [2.24, 2.45) is 0 Å². The summed E-state index contributed by atoms with van der Waals surface area (Å²) in [4.78, 5) is 52.7. The zero-order chi connectivity index (χ0) is 29.2.